The number of hydrogen-bond donors (Lipinski definition) is 1. The molecule has 3 heterocycles. The Balaban J connectivity index is 2.07. The predicted molar refractivity (Wildman–Crippen MR) is 90.3 cm³/mol. The largest absolute Gasteiger partial charge is 0.464 e. The van der Waals surface area contributed by atoms with E-state index in [2.05, 4.69) is 14.8 Å². The fourth-order valence-electron chi connectivity index (χ4n) is 2.71. The number of esters is 1. The molecule has 1 N–H and O–H groups in total. The van der Waals surface area contributed by atoms with Crippen LogP contribution in [0.5, 0.6) is 0 Å². The molecule has 4 rings (SSSR count). The van der Waals surface area contributed by atoms with Crippen LogP contribution in [0, 0.1) is 0 Å². The van der Waals surface area contributed by atoms with Crippen molar-refractivity contribution < 1.29 is 13.9 Å². The van der Waals surface area contributed by atoms with Crippen molar-refractivity contribution >= 4 is 11.6 Å². The monoisotopic (exact) mass is 335 g/mol. The Morgan fingerprint density at radius 1 is 1.20 bits per heavy atom. The molecule has 0 aliphatic rings. The molecular weight excluding hydrogens is 322 g/mol. The third-order valence-corrected chi connectivity index (χ3v) is 3.84. The first-order chi connectivity index (χ1) is 12.2. The highest BCUT2D eigenvalue weighted by Gasteiger charge is 2.20. The molecule has 0 amide bonds. The molecular formula is C18H13N3O4. The van der Waals surface area contributed by atoms with Crippen LogP contribution in [-0.2, 0) is 4.74 Å². The van der Waals surface area contributed by atoms with Crippen LogP contribution < -0.4 is 5.56 Å². The third kappa shape index (κ3) is 2.42. The summed E-state index contributed by atoms with van der Waals surface area (Å²) in [5.41, 5.74) is 1.70. The average molecular weight is 335 g/mol. The highest BCUT2D eigenvalue weighted by Crippen LogP contribution is 2.28. The van der Waals surface area contributed by atoms with Gasteiger partial charge in [-0.2, -0.15) is 9.61 Å². The number of aromatic nitrogens is 3. The van der Waals surface area contributed by atoms with E-state index >= 15 is 0 Å². The molecule has 0 atom stereocenters. The van der Waals surface area contributed by atoms with Crippen molar-refractivity contribution in [2.75, 3.05) is 7.11 Å². The molecule has 1 aromatic carbocycles. The summed E-state index contributed by atoms with van der Waals surface area (Å²) in [7, 11) is 1.26. The quantitative estimate of drug-likeness (QED) is 0.581. The van der Waals surface area contributed by atoms with Gasteiger partial charge in [-0.1, -0.05) is 30.3 Å². The Morgan fingerprint density at radius 2 is 2.00 bits per heavy atom. The van der Waals surface area contributed by atoms with E-state index in [1.165, 1.54) is 19.4 Å². The number of nitrogens with one attached hydrogen (secondary N) is 1. The highest BCUT2D eigenvalue weighted by molar-refractivity contribution is 5.89. The number of ether oxygens (including phenoxy) is 1. The van der Waals surface area contributed by atoms with Crippen molar-refractivity contribution in [1.82, 2.24) is 14.6 Å². The summed E-state index contributed by atoms with van der Waals surface area (Å²) >= 11 is 0. The van der Waals surface area contributed by atoms with E-state index in [-0.39, 0.29) is 11.3 Å². The van der Waals surface area contributed by atoms with Crippen LogP contribution in [-0.4, -0.2) is 27.7 Å². The Morgan fingerprint density at radius 3 is 2.68 bits per heavy atom. The molecule has 0 unspecified atom stereocenters. The lowest BCUT2D eigenvalue weighted by Gasteiger charge is -2.08. The summed E-state index contributed by atoms with van der Waals surface area (Å²) in [5, 5.41) is 4.06. The SMILES string of the molecule is COC(=O)c1cc2[nH]c(-c3ccco3)c(-c3ccccc3)c(=O)n2n1. The summed E-state index contributed by atoms with van der Waals surface area (Å²) in [6, 6.07) is 14.2. The van der Waals surface area contributed by atoms with Gasteiger partial charge in [-0.15, -0.1) is 0 Å². The van der Waals surface area contributed by atoms with Gasteiger partial charge in [-0.3, -0.25) is 4.79 Å². The van der Waals surface area contributed by atoms with Crippen LogP contribution in [0.2, 0.25) is 0 Å². The number of carbonyl (C=O) groups is 1. The molecule has 3 aromatic heterocycles. The topological polar surface area (TPSA) is 89.6 Å². The van der Waals surface area contributed by atoms with Crippen LogP contribution in [0.1, 0.15) is 10.5 Å². The maximum atomic E-state index is 13.1. The van der Waals surface area contributed by atoms with Gasteiger partial charge >= 0.3 is 5.97 Å². The summed E-state index contributed by atoms with van der Waals surface area (Å²) in [6.45, 7) is 0. The molecule has 7 nitrogen and oxygen atoms in total. The molecule has 0 saturated carbocycles. The van der Waals surface area contributed by atoms with Crippen LogP contribution in [0.15, 0.2) is 64.0 Å². The van der Waals surface area contributed by atoms with Gasteiger partial charge in [0.2, 0.25) is 0 Å². The van der Waals surface area contributed by atoms with Crippen LogP contribution in [0.3, 0.4) is 0 Å². The second kappa shape index (κ2) is 5.79. The fourth-order valence-corrected chi connectivity index (χ4v) is 2.71. The Kier molecular flexibility index (Phi) is 3.46. The molecule has 0 saturated heterocycles. The first kappa shape index (κ1) is 14.9. The molecule has 0 aliphatic heterocycles. The lowest BCUT2D eigenvalue weighted by molar-refractivity contribution is 0.0593. The minimum Gasteiger partial charge on any atom is -0.464 e. The zero-order valence-electron chi connectivity index (χ0n) is 13.2. The van der Waals surface area contributed by atoms with Gasteiger partial charge < -0.3 is 14.1 Å². The van der Waals surface area contributed by atoms with Crippen molar-refractivity contribution in [3.63, 3.8) is 0 Å². The van der Waals surface area contributed by atoms with Crippen molar-refractivity contribution in [3.8, 4) is 22.6 Å². The van der Waals surface area contributed by atoms with E-state index in [4.69, 9.17) is 4.42 Å². The van der Waals surface area contributed by atoms with E-state index in [0.717, 1.165) is 4.52 Å². The summed E-state index contributed by atoms with van der Waals surface area (Å²) < 4.78 is 11.3. The first-order valence-corrected chi connectivity index (χ1v) is 7.52. The highest BCUT2D eigenvalue weighted by atomic mass is 16.5. The zero-order valence-corrected chi connectivity index (χ0v) is 13.2. The van der Waals surface area contributed by atoms with Crippen molar-refractivity contribution in [3.05, 3.63) is 70.8 Å². The number of benzene rings is 1. The molecule has 4 aromatic rings. The minimum absolute atomic E-state index is 0.0476. The maximum Gasteiger partial charge on any atom is 0.358 e. The molecule has 124 valence electrons. The van der Waals surface area contributed by atoms with E-state index in [9.17, 15) is 9.59 Å². The predicted octanol–water partition coefficient (Wildman–Crippen LogP) is 2.74. The van der Waals surface area contributed by atoms with Gasteiger partial charge in [0.15, 0.2) is 11.5 Å². The van der Waals surface area contributed by atoms with Crippen molar-refractivity contribution in [1.29, 1.82) is 0 Å². The number of hydrogen-bond acceptors (Lipinski definition) is 5. The summed E-state index contributed by atoms with van der Waals surface area (Å²) in [6.07, 6.45) is 1.53. The van der Waals surface area contributed by atoms with Gasteiger partial charge in [0.05, 0.1) is 24.6 Å². The number of H-pyrrole nitrogens is 1. The molecule has 7 heteroatoms. The molecule has 0 radical (unpaired) electrons. The average Bonchev–Trinajstić information content (AvgIpc) is 3.31. The number of fused-ring (bicyclic) bond motifs is 1. The Hall–Kier alpha value is -3.61. The fraction of sp³-hybridized carbons (Fsp3) is 0.0556. The van der Waals surface area contributed by atoms with Crippen LogP contribution >= 0.6 is 0 Å². The minimum atomic E-state index is -0.614. The summed E-state index contributed by atoms with van der Waals surface area (Å²) in [5.74, 6) is -0.100. The van der Waals surface area contributed by atoms with Gasteiger partial charge in [0.1, 0.15) is 5.65 Å². The van der Waals surface area contributed by atoms with E-state index in [1.54, 1.807) is 12.1 Å². The molecule has 25 heavy (non-hydrogen) atoms. The Labute approximate surface area is 141 Å². The standard InChI is InChI=1S/C18H13N3O4/c1-24-18(23)12-10-14-19-16(13-8-5-9-25-13)15(17(22)21(14)20-12)11-6-3-2-4-7-11/h2-10,19H,1H3. The third-order valence-electron chi connectivity index (χ3n) is 3.84. The normalized spacial score (nSPS) is 10.9. The number of nitrogens with zero attached hydrogens (tertiary/aromatic N) is 2. The van der Waals surface area contributed by atoms with Gasteiger partial charge in [0, 0.05) is 6.07 Å². The zero-order chi connectivity index (χ0) is 17.4. The second-order valence-electron chi connectivity index (χ2n) is 5.34. The lowest BCUT2D eigenvalue weighted by Crippen LogP contribution is -2.19. The Bertz CT molecular complexity index is 1110. The molecule has 0 bridgehead atoms. The van der Waals surface area contributed by atoms with E-state index in [1.807, 2.05) is 30.3 Å². The van der Waals surface area contributed by atoms with E-state index < -0.39 is 5.97 Å². The number of furan rings is 1. The number of methoxy groups -OCH3 is 1. The molecule has 0 aliphatic carbocycles. The van der Waals surface area contributed by atoms with Crippen LogP contribution in [0.4, 0.5) is 0 Å². The van der Waals surface area contributed by atoms with Crippen molar-refractivity contribution in [2.45, 2.75) is 0 Å². The molecule has 0 spiro atoms. The van der Waals surface area contributed by atoms with Crippen molar-refractivity contribution in [2.24, 2.45) is 0 Å². The van der Waals surface area contributed by atoms with Gasteiger partial charge in [0.25, 0.3) is 5.56 Å². The van der Waals surface area contributed by atoms with Gasteiger partial charge in [-0.25, -0.2) is 4.79 Å². The van der Waals surface area contributed by atoms with Crippen LogP contribution in [0.25, 0.3) is 28.2 Å². The number of carbonyl (C=O) groups excluding carboxylic acids is 1. The van der Waals surface area contributed by atoms with E-state index in [0.29, 0.717) is 28.2 Å². The van der Waals surface area contributed by atoms with Gasteiger partial charge in [-0.05, 0) is 17.7 Å². The maximum absolute atomic E-state index is 13.1. The number of rotatable bonds is 3. The second-order valence-corrected chi connectivity index (χ2v) is 5.34. The molecule has 0 fully saturated rings. The number of aromatic amines is 1. The lowest BCUT2D eigenvalue weighted by atomic mass is 10.0. The first-order valence-electron chi connectivity index (χ1n) is 7.52. The summed E-state index contributed by atoms with van der Waals surface area (Å²) in [4.78, 5) is 27.9. The smallest absolute Gasteiger partial charge is 0.358 e.